The average molecular weight is 267 g/mol. The van der Waals surface area contributed by atoms with Crippen LogP contribution in [0.4, 0.5) is 0 Å². The van der Waals surface area contributed by atoms with Crippen LogP contribution >= 0.6 is 0 Å². The molecule has 1 aliphatic heterocycles. The monoisotopic (exact) mass is 267 g/mol. The van der Waals surface area contributed by atoms with Gasteiger partial charge in [-0.15, -0.1) is 0 Å². The molecular formula is C14H25N3O2. The van der Waals surface area contributed by atoms with E-state index in [-0.39, 0.29) is 29.8 Å². The number of carbonyl (C=O) groups is 2. The van der Waals surface area contributed by atoms with Crippen LogP contribution in [-0.4, -0.2) is 42.4 Å². The summed E-state index contributed by atoms with van der Waals surface area (Å²) in [6.07, 6.45) is 6.52. The van der Waals surface area contributed by atoms with Gasteiger partial charge in [0, 0.05) is 32.1 Å². The number of likely N-dealkylation sites (N-methyl/N-ethyl adjacent to an activating group) is 1. The van der Waals surface area contributed by atoms with Gasteiger partial charge in [0.1, 0.15) is 0 Å². The van der Waals surface area contributed by atoms with Crippen molar-refractivity contribution >= 4 is 11.8 Å². The van der Waals surface area contributed by atoms with Crippen molar-refractivity contribution in [2.75, 3.05) is 13.6 Å². The molecule has 0 aromatic heterocycles. The molecule has 0 spiro atoms. The van der Waals surface area contributed by atoms with Crippen molar-refractivity contribution in [2.24, 2.45) is 11.7 Å². The zero-order chi connectivity index (χ0) is 13.8. The van der Waals surface area contributed by atoms with Crippen LogP contribution in [0, 0.1) is 5.92 Å². The van der Waals surface area contributed by atoms with Gasteiger partial charge in [0.05, 0.1) is 5.92 Å². The maximum absolute atomic E-state index is 12.3. The Hall–Kier alpha value is -1.10. The van der Waals surface area contributed by atoms with Gasteiger partial charge in [0.25, 0.3) is 0 Å². The molecule has 3 N–H and O–H groups in total. The van der Waals surface area contributed by atoms with E-state index in [9.17, 15) is 9.59 Å². The number of likely N-dealkylation sites (tertiary alicyclic amines) is 1. The predicted molar refractivity (Wildman–Crippen MR) is 73.4 cm³/mol. The second kappa shape index (κ2) is 6.37. The number of nitrogens with two attached hydrogens (primary N) is 1. The summed E-state index contributed by atoms with van der Waals surface area (Å²) in [5.74, 6) is 0.198. The molecule has 5 nitrogen and oxygen atoms in total. The summed E-state index contributed by atoms with van der Waals surface area (Å²) in [4.78, 5) is 25.4. The standard InChI is InChI=1S/C14H25N3O2/c1-17-9-10(7-8-13(17)18)16-14(19)11-5-3-2-4-6-12(11)15/h10-12H,2-9,15H2,1H3,(H,16,19). The van der Waals surface area contributed by atoms with Crippen LogP contribution in [0.25, 0.3) is 0 Å². The molecule has 1 saturated heterocycles. The van der Waals surface area contributed by atoms with Crippen LogP contribution in [0.2, 0.25) is 0 Å². The molecule has 2 fully saturated rings. The van der Waals surface area contributed by atoms with Gasteiger partial charge in [-0.25, -0.2) is 0 Å². The van der Waals surface area contributed by atoms with Crippen LogP contribution in [-0.2, 0) is 9.59 Å². The zero-order valence-electron chi connectivity index (χ0n) is 11.7. The molecule has 1 aliphatic carbocycles. The molecule has 3 atom stereocenters. The van der Waals surface area contributed by atoms with Crippen molar-refractivity contribution < 1.29 is 9.59 Å². The second-order valence-electron chi connectivity index (χ2n) is 5.93. The largest absolute Gasteiger partial charge is 0.351 e. The van der Waals surface area contributed by atoms with Gasteiger partial charge in [0.2, 0.25) is 11.8 Å². The van der Waals surface area contributed by atoms with E-state index in [1.54, 1.807) is 11.9 Å². The Kier molecular flexibility index (Phi) is 4.80. The van der Waals surface area contributed by atoms with Gasteiger partial charge >= 0.3 is 0 Å². The normalized spacial score (nSPS) is 32.8. The van der Waals surface area contributed by atoms with Gasteiger partial charge < -0.3 is 16.0 Å². The molecule has 0 aromatic rings. The van der Waals surface area contributed by atoms with E-state index >= 15 is 0 Å². The predicted octanol–water partition coefficient (Wildman–Crippen LogP) is 0.631. The molecule has 19 heavy (non-hydrogen) atoms. The Bertz CT molecular complexity index is 346. The third-order valence-electron chi connectivity index (χ3n) is 4.38. The molecule has 0 aromatic carbocycles. The number of hydrogen-bond acceptors (Lipinski definition) is 3. The fraction of sp³-hybridized carbons (Fsp3) is 0.857. The van der Waals surface area contributed by atoms with Crippen molar-refractivity contribution in [2.45, 2.75) is 57.0 Å². The molecule has 1 heterocycles. The van der Waals surface area contributed by atoms with Crippen molar-refractivity contribution in [1.29, 1.82) is 0 Å². The van der Waals surface area contributed by atoms with Crippen LogP contribution < -0.4 is 11.1 Å². The molecule has 108 valence electrons. The molecule has 0 bridgehead atoms. The summed E-state index contributed by atoms with van der Waals surface area (Å²) in [5.41, 5.74) is 6.11. The molecule has 2 rings (SSSR count). The number of piperidine rings is 1. The Morgan fingerprint density at radius 3 is 2.74 bits per heavy atom. The van der Waals surface area contributed by atoms with Gasteiger partial charge in [-0.2, -0.15) is 0 Å². The minimum absolute atomic E-state index is 0.00884. The highest BCUT2D eigenvalue weighted by Gasteiger charge is 2.30. The second-order valence-corrected chi connectivity index (χ2v) is 5.93. The minimum Gasteiger partial charge on any atom is -0.351 e. The Morgan fingerprint density at radius 1 is 1.26 bits per heavy atom. The number of rotatable bonds is 2. The lowest BCUT2D eigenvalue weighted by Gasteiger charge is -2.32. The molecule has 3 unspecified atom stereocenters. The van der Waals surface area contributed by atoms with E-state index in [4.69, 9.17) is 5.73 Å². The number of amides is 2. The first-order valence-corrected chi connectivity index (χ1v) is 7.38. The topological polar surface area (TPSA) is 75.4 Å². The summed E-state index contributed by atoms with van der Waals surface area (Å²) in [5, 5.41) is 3.08. The third-order valence-corrected chi connectivity index (χ3v) is 4.38. The smallest absolute Gasteiger partial charge is 0.224 e. The number of carbonyl (C=O) groups excluding carboxylic acids is 2. The Labute approximate surface area is 114 Å². The lowest BCUT2D eigenvalue weighted by atomic mass is 9.93. The van der Waals surface area contributed by atoms with Crippen LogP contribution in [0.1, 0.15) is 44.9 Å². The average Bonchev–Trinajstić information content (AvgIpc) is 2.58. The first-order chi connectivity index (χ1) is 9.08. The SMILES string of the molecule is CN1CC(NC(=O)C2CCCCCC2N)CCC1=O. The highest BCUT2D eigenvalue weighted by molar-refractivity contribution is 5.81. The maximum atomic E-state index is 12.3. The number of nitrogens with one attached hydrogen (secondary N) is 1. The highest BCUT2D eigenvalue weighted by atomic mass is 16.2. The first-order valence-electron chi connectivity index (χ1n) is 7.38. The first kappa shape index (κ1) is 14.3. The van der Waals surface area contributed by atoms with E-state index in [1.807, 2.05) is 0 Å². The lowest BCUT2D eigenvalue weighted by Crippen LogP contribution is -2.51. The molecule has 5 heteroatoms. The van der Waals surface area contributed by atoms with Gasteiger partial charge in [-0.05, 0) is 19.3 Å². The summed E-state index contributed by atoms with van der Waals surface area (Å²) in [6.45, 7) is 0.618. The van der Waals surface area contributed by atoms with Crippen molar-refractivity contribution in [1.82, 2.24) is 10.2 Å². The molecule has 0 radical (unpaired) electrons. The summed E-state index contributed by atoms with van der Waals surface area (Å²) < 4.78 is 0. The fourth-order valence-electron chi connectivity index (χ4n) is 3.10. The molecular weight excluding hydrogens is 242 g/mol. The van der Waals surface area contributed by atoms with Crippen molar-refractivity contribution in [3.05, 3.63) is 0 Å². The molecule has 2 aliphatic rings. The lowest BCUT2D eigenvalue weighted by molar-refractivity contribution is -0.134. The van der Waals surface area contributed by atoms with E-state index in [1.165, 1.54) is 6.42 Å². The van der Waals surface area contributed by atoms with Gasteiger partial charge in [-0.3, -0.25) is 9.59 Å². The van der Waals surface area contributed by atoms with Gasteiger partial charge in [-0.1, -0.05) is 19.3 Å². The highest BCUT2D eigenvalue weighted by Crippen LogP contribution is 2.23. The van der Waals surface area contributed by atoms with Crippen molar-refractivity contribution in [3.8, 4) is 0 Å². The van der Waals surface area contributed by atoms with Gasteiger partial charge in [0.15, 0.2) is 0 Å². The minimum atomic E-state index is -0.0505. The van der Waals surface area contributed by atoms with Crippen LogP contribution in [0.3, 0.4) is 0 Å². The number of nitrogens with zero attached hydrogens (tertiary/aromatic N) is 1. The maximum Gasteiger partial charge on any atom is 0.224 e. The molecule has 1 saturated carbocycles. The quantitative estimate of drug-likeness (QED) is 0.721. The Morgan fingerprint density at radius 2 is 2.00 bits per heavy atom. The molecule has 2 amide bonds. The summed E-state index contributed by atoms with van der Waals surface area (Å²) in [6, 6.07) is 0.0797. The third kappa shape index (κ3) is 3.69. The van der Waals surface area contributed by atoms with E-state index in [0.717, 1.165) is 32.1 Å². The summed E-state index contributed by atoms with van der Waals surface area (Å²) >= 11 is 0. The summed E-state index contributed by atoms with van der Waals surface area (Å²) in [7, 11) is 1.79. The number of hydrogen-bond donors (Lipinski definition) is 2. The van der Waals surface area contributed by atoms with Crippen LogP contribution in [0.15, 0.2) is 0 Å². The van der Waals surface area contributed by atoms with E-state index in [0.29, 0.717) is 13.0 Å². The van der Waals surface area contributed by atoms with E-state index in [2.05, 4.69) is 5.32 Å². The van der Waals surface area contributed by atoms with Crippen molar-refractivity contribution in [3.63, 3.8) is 0 Å². The van der Waals surface area contributed by atoms with Crippen LogP contribution in [0.5, 0.6) is 0 Å². The van der Waals surface area contributed by atoms with E-state index < -0.39 is 0 Å². The fourth-order valence-corrected chi connectivity index (χ4v) is 3.10. The Balaban J connectivity index is 1.87. The zero-order valence-corrected chi connectivity index (χ0v) is 11.7.